The number of amides is 3. The molecular weight excluding hydrogens is 322 g/mol. The minimum Gasteiger partial charge on any atom is -0.373 e. The van der Waals surface area contributed by atoms with Gasteiger partial charge in [0.1, 0.15) is 6.54 Å². The second kappa shape index (κ2) is 5.51. The minimum atomic E-state index is -0.340. The van der Waals surface area contributed by atoms with E-state index in [-0.39, 0.29) is 48.3 Å². The van der Waals surface area contributed by atoms with E-state index in [0.29, 0.717) is 5.41 Å². The van der Waals surface area contributed by atoms with E-state index < -0.39 is 0 Å². The van der Waals surface area contributed by atoms with Crippen LogP contribution in [0.5, 0.6) is 0 Å². The molecule has 3 amide bonds. The molecular formula is C18H25N3O4. The molecule has 5 rings (SSSR count). The van der Waals surface area contributed by atoms with Crippen LogP contribution in [0, 0.1) is 17.3 Å². The lowest BCUT2D eigenvalue weighted by Gasteiger charge is -2.39. The second-order valence-electron chi connectivity index (χ2n) is 8.41. The first-order valence-corrected chi connectivity index (χ1v) is 9.57. The third kappa shape index (κ3) is 2.28. The van der Waals surface area contributed by atoms with Gasteiger partial charge in [-0.25, -0.2) is 0 Å². The zero-order valence-corrected chi connectivity index (χ0v) is 14.4. The fraction of sp³-hybridized carbons (Fsp3) is 0.833. The number of carbonyl (C=O) groups excluding carboxylic acids is 3. The molecule has 4 atom stereocenters. The smallest absolute Gasteiger partial charge is 0.242 e. The van der Waals surface area contributed by atoms with Crippen LogP contribution >= 0.6 is 0 Å². The maximum atomic E-state index is 12.7. The van der Waals surface area contributed by atoms with Crippen LogP contribution in [-0.2, 0) is 19.1 Å². The van der Waals surface area contributed by atoms with Gasteiger partial charge in [-0.3, -0.25) is 19.3 Å². The van der Waals surface area contributed by atoms with Crippen molar-refractivity contribution in [1.82, 2.24) is 15.1 Å². The molecule has 0 saturated carbocycles. The van der Waals surface area contributed by atoms with Crippen LogP contribution in [0.1, 0.15) is 32.1 Å². The zero-order valence-electron chi connectivity index (χ0n) is 14.4. The average molecular weight is 347 g/mol. The van der Waals surface area contributed by atoms with E-state index in [1.165, 1.54) is 11.3 Å². The summed E-state index contributed by atoms with van der Waals surface area (Å²) in [6, 6.07) is 0. The molecule has 5 fully saturated rings. The Bertz CT molecular complexity index is 592. The van der Waals surface area contributed by atoms with Gasteiger partial charge in [0.15, 0.2) is 0 Å². The molecule has 7 heteroatoms. The van der Waals surface area contributed by atoms with Crippen molar-refractivity contribution in [2.75, 3.05) is 32.7 Å². The van der Waals surface area contributed by atoms with Crippen molar-refractivity contribution in [3.63, 3.8) is 0 Å². The number of nitrogens with zero attached hydrogens (tertiary/aromatic N) is 2. The Morgan fingerprint density at radius 1 is 1.08 bits per heavy atom. The molecule has 7 nitrogen and oxygen atoms in total. The molecule has 136 valence electrons. The highest BCUT2D eigenvalue weighted by Gasteiger charge is 2.62. The number of ether oxygens (including phenoxy) is 1. The van der Waals surface area contributed by atoms with Gasteiger partial charge in [-0.05, 0) is 44.1 Å². The van der Waals surface area contributed by atoms with E-state index in [1.807, 2.05) is 4.90 Å². The first-order valence-electron chi connectivity index (χ1n) is 9.57. The van der Waals surface area contributed by atoms with E-state index in [2.05, 4.69) is 5.32 Å². The minimum absolute atomic E-state index is 0.0873. The number of piperidine rings is 1. The van der Waals surface area contributed by atoms with Crippen LogP contribution in [0.4, 0.5) is 0 Å². The van der Waals surface area contributed by atoms with Crippen LogP contribution in [0.15, 0.2) is 0 Å². The summed E-state index contributed by atoms with van der Waals surface area (Å²) < 4.78 is 5.73. The molecule has 0 aromatic carbocycles. The van der Waals surface area contributed by atoms with Crippen molar-refractivity contribution < 1.29 is 19.1 Å². The van der Waals surface area contributed by atoms with Gasteiger partial charge in [-0.15, -0.1) is 0 Å². The highest BCUT2D eigenvalue weighted by atomic mass is 16.5. The van der Waals surface area contributed by atoms with Gasteiger partial charge < -0.3 is 15.0 Å². The monoisotopic (exact) mass is 347 g/mol. The lowest BCUT2D eigenvalue weighted by atomic mass is 9.78. The first-order chi connectivity index (χ1) is 12.1. The summed E-state index contributed by atoms with van der Waals surface area (Å²) in [5.74, 6) is -1.15. The van der Waals surface area contributed by atoms with Crippen molar-refractivity contribution in [2.24, 2.45) is 17.3 Å². The Kier molecular flexibility index (Phi) is 3.47. The summed E-state index contributed by atoms with van der Waals surface area (Å²) in [4.78, 5) is 41.0. The Balaban J connectivity index is 1.23. The van der Waals surface area contributed by atoms with Crippen molar-refractivity contribution >= 4 is 17.7 Å². The van der Waals surface area contributed by atoms with Gasteiger partial charge in [-0.2, -0.15) is 0 Å². The number of nitrogens with one attached hydrogen (secondary N) is 1. The molecule has 4 unspecified atom stereocenters. The van der Waals surface area contributed by atoms with Crippen molar-refractivity contribution in [1.29, 1.82) is 0 Å². The molecule has 5 heterocycles. The Labute approximate surface area is 147 Å². The summed E-state index contributed by atoms with van der Waals surface area (Å²) in [7, 11) is 0. The van der Waals surface area contributed by atoms with Gasteiger partial charge in [0.2, 0.25) is 17.7 Å². The predicted octanol–water partition coefficient (Wildman–Crippen LogP) is -0.249. The lowest BCUT2D eigenvalue weighted by molar-refractivity contribution is -0.149. The first kappa shape index (κ1) is 15.8. The number of likely N-dealkylation sites (tertiary alicyclic amines) is 2. The summed E-state index contributed by atoms with van der Waals surface area (Å²) in [6.45, 7) is 3.49. The number of fused-ring (bicyclic) bond motifs is 5. The fourth-order valence-electron chi connectivity index (χ4n) is 5.62. The topological polar surface area (TPSA) is 79.0 Å². The SMILES string of the molecule is O=C(CN1C(=O)C2C3CCC(O3)C2C1=O)N1CCC2(CCNC2)CC1. The van der Waals surface area contributed by atoms with Crippen molar-refractivity contribution in [3.05, 3.63) is 0 Å². The molecule has 25 heavy (non-hydrogen) atoms. The van der Waals surface area contributed by atoms with E-state index >= 15 is 0 Å². The van der Waals surface area contributed by atoms with Crippen LogP contribution in [0.2, 0.25) is 0 Å². The summed E-state index contributed by atoms with van der Waals surface area (Å²) in [6.07, 6.45) is 4.69. The standard InChI is InChI=1S/C18H25N3O4/c22-13(20-7-4-18(5-8-20)3-6-19-10-18)9-21-16(23)14-11-1-2-12(25-11)15(14)17(21)24/h11-12,14-15,19H,1-10H2. The third-order valence-electron chi connectivity index (χ3n) is 7.18. The van der Waals surface area contributed by atoms with E-state index in [9.17, 15) is 14.4 Å². The molecule has 2 bridgehead atoms. The van der Waals surface area contributed by atoms with Crippen LogP contribution in [-0.4, -0.2) is 72.5 Å². The number of rotatable bonds is 2. The highest BCUT2D eigenvalue weighted by Crippen LogP contribution is 2.48. The average Bonchev–Trinajstić information content (AvgIpc) is 3.37. The zero-order chi connectivity index (χ0) is 17.2. The van der Waals surface area contributed by atoms with Gasteiger partial charge in [0, 0.05) is 19.6 Å². The van der Waals surface area contributed by atoms with E-state index in [1.54, 1.807) is 0 Å². The van der Waals surface area contributed by atoms with Crippen LogP contribution in [0.25, 0.3) is 0 Å². The summed E-state index contributed by atoms with van der Waals surface area (Å²) >= 11 is 0. The molecule has 5 aliphatic heterocycles. The molecule has 5 saturated heterocycles. The highest BCUT2D eigenvalue weighted by molar-refractivity contribution is 6.08. The molecule has 0 aromatic heterocycles. The molecule has 0 aliphatic carbocycles. The molecule has 0 radical (unpaired) electrons. The van der Waals surface area contributed by atoms with Crippen LogP contribution in [0.3, 0.4) is 0 Å². The van der Waals surface area contributed by atoms with Crippen molar-refractivity contribution in [2.45, 2.75) is 44.3 Å². The van der Waals surface area contributed by atoms with E-state index in [4.69, 9.17) is 4.74 Å². The number of hydrogen-bond donors (Lipinski definition) is 1. The number of imide groups is 1. The fourth-order valence-corrected chi connectivity index (χ4v) is 5.62. The largest absolute Gasteiger partial charge is 0.373 e. The maximum Gasteiger partial charge on any atom is 0.242 e. The van der Waals surface area contributed by atoms with Gasteiger partial charge in [0.25, 0.3) is 0 Å². The van der Waals surface area contributed by atoms with E-state index in [0.717, 1.165) is 51.9 Å². The summed E-state index contributed by atoms with van der Waals surface area (Å²) in [5.41, 5.74) is 0.351. The molecule has 0 aromatic rings. The van der Waals surface area contributed by atoms with Crippen molar-refractivity contribution in [3.8, 4) is 0 Å². The quantitative estimate of drug-likeness (QED) is 0.697. The Hall–Kier alpha value is -1.47. The van der Waals surface area contributed by atoms with Gasteiger partial charge in [0.05, 0.1) is 24.0 Å². The third-order valence-corrected chi connectivity index (χ3v) is 7.18. The van der Waals surface area contributed by atoms with Gasteiger partial charge in [-0.1, -0.05) is 0 Å². The normalized spacial score (nSPS) is 38.9. The maximum absolute atomic E-state index is 12.7. The lowest BCUT2D eigenvalue weighted by Crippen LogP contribution is -2.49. The predicted molar refractivity (Wildman–Crippen MR) is 87.3 cm³/mol. The number of carbonyl (C=O) groups is 3. The second-order valence-corrected chi connectivity index (χ2v) is 8.41. The molecule has 1 N–H and O–H groups in total. The van der Waals surface area contributed by atoms with Crippen LogP contribution < -0.4 is 5.32 Å². The molecule has 5 aliphatic rings. The summed E-state index contributed by atoms with van der Waals surface area (Å²) in [5, 5.41) is 3.42. The Morgan fingerprint density at radius 3 is 2.28 bits per heavy atom. The van der Waals surface area contributed by atoms with Gasteiger partial charge >= 0.3 is 0 Å². The Morgan fingerprint density at radius 2 is 1.72 bits per heavy atom. The molecule has 1 spiro atoms. The number of hydrogen-bond acceptors (Lipinski definition) is 5.